The van der Waals surface area contributed by atoms with Crippen LogP contribution in [0.5, 0.6) is 0 Å². The fourth-order valence-corrected chi connectivity index (χ4v) is 4.85. The lowest BCUT2D eigenvalue weighted by Gasteiger charge is -2.43. The van der Waals surface area contributed by atoms with Gasteiger partial charge in [-0.15, -0.1) is 0 Å². The summed E-state index contributed by atoms with van der Waals surface area (Å²) in [5.41, 5.74) is 0.360. The van der Waals surface area contributed by atoms with Gasteiger partial charge in [-0.2, -0.15) is 5.10 Å². The fourth-order valence-electron chi connectivity index (χ4n) is 3.91. The van der Waals surface area contributed by atoms with Crippen molar-refractivity contribution in [1.82, 2.24) is 19.0 Å². The molecule has 1 amide bonds. The molecule has 134 valence electrons. The van der Waals surface area contributed by atoms with Crippen LogP contribution in [-0.2, 0) is 21.8 Å². The van der Waals surface area contributed by atoms with Crippen LogP contribution in [0, 0.1) is 11.3 Å². The molecule has 0 N–H and O–H groups in total. The molecule has 0 spiro atoms. The number of likely N-dealkylation sites (tertiary alicyclic amines) is 1. The molecule has 0 radical (unpaired) electrons. The standard InChI is InChI=1S/C15H24N4O4S/c1-17-7-12(6-16-17)14(20)18-5-4-15(11-23-2)10-19(24(3,21)22)9-13(15)8-18/h6-7,13H,4-5,8-11H2,1-3H3. The number of aryl methyl sites for hydroxylation is 1. The minimum Gasteiger partial charge on any atom is -0.384 e. The number of amides is 1. The predicted octanol–water partition coefficient (Wildman–Crippen LogP) is -0.210. The molecule has 9 heteroatoms. The second kappa shape index (κ2) is 6.12. The molecule has 1 aromatic rings. The Morgan fingerprint density at radius 3 is 2.79 bits per heavy atom. The molecule has 0 aliphatic carbocycles. The predicted molar refractivity (Wildman–Crippen MR) is 87.9 cm³/mol. The van der Waals surface area contributed by atoms with Crippen LogP contribution >= 0.6 is 0 Å². The van der Waals surface area contributed by atoms with Gasteiger partial charge in [0.05, 0.1) is 24.6 Å². The molecule has 2 aliphatic rings. The first-order chi connectivity index (χ1) is 11.2. The van der Waals surface area contributed by atoms with Crippen molar-refractivity contribution in [2.24, 2.45) is 18.4 Å². The Balaban J connectivity index is 1.79. The molecule has 24 heavy (non-hydrogen) atoms. The van der Waals surface area contributed by atoms with Crippen LogP contribution in [0.1, 0.15) is 16.8 Å². The highest BCUT2D eigenvalue weighted by molar-refractivity contribution is 7.88. The first-order valence-corrected chi connectivity index (χ1v) is 9.82. The first kappa shape index (κ1) is 17.4. The molecule has 0 saturated carbocycles. The number of nitrogens with zero attached hydrogens (tertiary/aromatic N) is 4. The van der Waals surface area contributed by atoms with Gasteiger partial charge in [0.1, 0.15) is 0 Å². The molecule has 2 saturated heterocycles. The van der Waals surface area contributed by atoms with Crippen molar-refractivity contribution in [1.29, 1.82) is 0 Å². The SMILES string of the molecule is COCC12CCN(C(=O)c3cnn(C)c3)CC1CN(S(C)(=O)=O)C2. The molecule has 2 unspecified atom stereocenters. The van der Waals surface area contributed by atoms with Gasteiger partial charge >= 0.3 is 0 Å². The molecule has 2 fully saturated rings. The quantitative estimate of drug-likeness (QED) is 0.745. The minimum atomic E-state index is -3.24. The number of ether oxygens (including phenoxy) is 1. The smallest absolute Gasteiger partial charge is 0.257 e. The Morgan fingerprint density at radius 1 is 1.46 bits per heavy atom. The van der Waals surface area contributed by atoms with E-state index < -0.39 is 10.0 Å². The Bertz CT molecular complexity index is 732. The zero-order valence-corrected chi connectivity index (χ0v) is 15.1. The van der Waals surface area contributed by atoms with Crippen molar-refractivity contribution in [3.05, 3.63) is 18.0 Å². The fraction of sp³-hybridized carbons (Fsp3) is 0.733. The molecular weight excluding hydrogens is 332 g/mol. The van der Waals surface area contributed by atoms with E-state index in [1.54, 1.807) is 36.1 Å². The number of carbonyl (C=O) groups is 1. The number of fused-ring (bicyclic) bond motifs is 1. The third-order valence-electron chi connectivity index (χ3n) is 5.24. The molecule has 0 bridgehead atoms. The number of rotatable bonds is 4. The van der Waals surface area contributed by atoms with Gasteiger partial charge in [0.2, 0.25) is 10.0 Å². The molecule has 3 rings (SSSR count). The van der Waals surface area contributed by atoms with Gasteiger partial charge < -0.3 is 9.64 Å². The number of carbonyl (C=O) groups excluding carboxylic acids is 1. The van der Waals surface area contributed by atoms with Gasteiger partial charge in [0.15, 0.2) is 0 Å². The highest BCUT2D eigenvalue weighted by atomic mass is 32.2. The van der Waals surface area contributed by atoms with E-state index in [-0.39, 0.29) is 17.2 Å². The summed E-state index contributed by atoms with van der Waals surface area (Å²) >= 11 is 0. The number of sulfonamides is 1. The normalized spacial score (nSPS) is 28.1. The third kappa shape index (κ3) is 3.07. The molecule has 0 aromatic carbocycles. The Morgan fingerprint density at radius 2 is 2.21 bits per heavy atom. The average Bonchev–Trinajstić information content (AvgIpc) is 3.09. The Hall–Kier alpha value is -1.45. The van der Waals surface area contributed by atoms with Crippen LogP contribution in [-0.4, -0.2) is 79.5 Å². The van der Waals surface area contributed by atoms with Gasteiger partial charge in [-0.25, -0.2) is 12.7 Å². The summed E-state index contributed by atoms with van der Waals surface area (Å²) in [5.74, 6) is 0.0356. The van der Waals surface area contributed by atoms with Crippen LogP contribution < -0.4 is 0 Å². The van der Waals surface area contributed by atoms with Crippen molar-refractivity contribution in [3.8, 4) is 0 Å². The lowest BCUT2D eigenvalue weighted by atomic mass is 9.73. The Labute approximate surface area is 142 Å². The number of aromatic nitrogens is 2. The maximum absolute atomic E-state index is 12.7. The van der Waals surface area contributed by atoms with Crippen molar-refractivity contribution in [3.63, 3.8) is 0 Å². The number of methoxy groups -OCH3 is 1. The van der Waals surface area contributed by atoms with Crippen LogP contribution in [0.2, 0.25) is 0 Å². The van der Waals surface area contributed by atoms with Gasteiger partial charge in [-0.3, -0.25) is 9.48 Å². The highest BCUT2D eigenvalue weighted by Gasteiger charge is 2.52. The monoisotopic (exact) mass is 356 g/mol. The van der Waals surface area contributed by atoms with E-state index in [4.69, 9.17) is 4.74 Å². The van der Waals surface area contributed by atoms with Crippen LogP contribution in [0.15, 0.2) is 12.4 Å². The molecule has 1 aromatic heterocycles. The van der Waals surface area contributed by atoms with Gasteiger partial charge in [-0.05, 0) is 12.3 Å². The second-order valence-corrected chi connectivity index (χ2v) is 8.93. The molecular formula is C15H24N4O4S. The minimum absolute atomic E-state index is 0.0491. The van der Waals surface area contributed by atoms with E-state index in [1.807, 2.05) is 0 Å². The van der Waals surface area contributed by atoms with E-state index in [0.29, 0.717) is 38.3 Å². The summed E-state index contributed by atoms with van der Waals surface area (Å²) in [5, 5.41) is 4.05. The topological polar surface area (TPSA) is 84.7 Å². The summed E-state index contributed by atoms with van der Waals surface area (Å²) in [7, 11) is 0.174. The van der Waals surface area contributed by atoms with Crippen molar-refractivity contribution in [2.75, 3.05) is 46.2 Å². The molecule has 8 nitrogen and oxygen atoms in total. The summed E-state index contributed by atoms with van der Waals surface area (Å²) < 4.78 is 32.4. The van der Waals surface area contributed by atoms with Crippen LogP contribution in [0.3, 0.4) is 0 Å². The molecule has 3 heterocycles. The summed E-state index contributed by atoms with van der Waals surface area (Å²) in [6, 6.07) is 0. The third-order valence-corrected chi connectivity index (χ3v) is 6.46. The van der Waals surface area contributed by atoms with Crippen molar-refractivity contribution in [2.45, 2.75) is 6.42 Å². The maximum Gasteiger partial charge on any atom is 0.257 e. The molecule has 2 aliphatic heterocycles. The van der Waals surface area contributed by atoms with E-state index in [1.165, 1.54) is 10.6 Å². The van der Waals surface area contributed by atoms with Crippen molar-refractivity contribution >= 4 is 15.9 Å². The summed E-state index contributed by atoms with van der Waals surface area (Å²) in [6.45, 7) is 2.57. The summed E-state index contributed by atoms with van der Waals surface area (Å²) in [4.78, 5) is 14.5. The maximum atomic E-state index is 12.7. The van der Waals surface area contributed by atoms with E-state index in [2.05, 4.69) is 5.10 Å². The summed E-state index contributed by atoms with van der Waals surface area (Å²) in [6.07, 6.45) is 5.25. The number of piperidine rings is 1. The lowest BCUT2D eigenvalue weighted by Crippen LogP contribution is -2.50. The lowest BCUT2D eigenvalue weighted by molar-refractivity contribution is 0.00342. The highest BCUT2D eigenvalue weighted by Crippen LogP contribution is 2.44. The number of hydrogen-bond donors (Lipinski definition) is 0. The average molecular weight is 356 g/mol. The van der Waals surface area contributed by atoms with Crippen LogP contribution in [0.4, 0.5) is 0 Å². The van der Waals surface area contributed by atoms with Gasteiger partial charge in [-0.1, -0.05) is 0 Å². The van der Waals surface area contributed by atoms with E-state index >= 15 is 0 Å². The van der Waals surface area contributed by atoms with E-state index in [0.717, 1.165) is 6.42 Å². The van der Waals surface area contributed by atoms with E-state index in [9.17, 15) is 13.2 Å². The second-order valence-electron chi connectivity index (χ2n) is 6.95. The largest absolute Gasteiger partial charge is 0.384 e. The van der Waals surface area contributed by atoms with Crippen molar-refractivity contribution < 1.29 is 17.9 Å². The number of hydrogen-bond acceptors (Lipinski definition) is 5. The molecule has 2 atom stereocenters. The Kier molecular flexibility index (Phi) is 4.43. The van der Waals surface area contributed by atoms with Gasteiger partial charge in [0, 0.05) is 51.9 Å². The zero-order chi connectivity index (χ0) is 17.5. The van der Waals surface area contributed by atoms with Crippen LogP contribution in [0.25, 0.3) is 0 Å². The van der Waals surface area contributed by atoms with Gasteiger partial charge in [0.25, 0.3) is 5.91 Å². The first-order valence-electron chi connectivity index (χ1n) is 7.97. The zero-order valence-electron chi connectivity index (χ0n) is 14.3.